The number of aromatic nitrogens is 1. The fourth-order valence-electron chi connectivity index (χ4n) is 1.31. The van der Waals surface area contributed by atoms with Crippen molar-refractivity contribution >= 4 is 17.6 Å². The van der Waals surface area contributed by atoms with Crippen molar-refractivity contribution in [1.82, 2.24) is 4.98 Å². The van der Waals surface area contributed by atoms with Gasteiger partial charge < -0.3 is 14.8 Å². The van der Waals surface area contributed by atoms with Crippen molar-refractivity contribution in [2.24, 2.45) is 0 Å². The number of rotatable bonds is 6. The Morgan fingerprint density at radius 1 is 1.39 bits per heavy atom. The Morgan fingerprint density at radius 2 is 2.17 bits per heavy atom. The summed E-state index contributed by atoms with van der Waals surface area (Å²) < 4.78 is 9.72. The number of methoxy groups -OCH3 is 1. The largest absolute Gasteiger partial charge is 0.480 e. The first-order chi connectivity index (χ1) is 8.67. The van der Waals surface area contributed by atoms with Gasteiger partial charge in [-0.2, -0.15) is 0 Å². The molecule has 1 N–H and O–H groups in total. The van der Waals surface area contributed by atoms with Crippen LogP contribution in [0.5, 0.6) is 5.88 Å². The molecule has 0 atom stereocenters. The fraction of sp³-hybridized carbons (Fsp3) is 0.417. The van der Waals surface area contributed by atoms with E-state index in [9.17, 15) is 9.59 Å². The molecule has 18 heavy (non-hydrogen) atoms. The first-order valence-corrected chi connectivity index (χ1v) is 5.61. The van der Waals surface area contributed by atoms with E-state index in [0.29, 0.717) is 18.2 Å². The number of hydrogen-bond acceptors (Lipinski definition) is 5. The van der Waals surface area contributed by atoms with Gasteiger partial charge in [0.05, 0.1) is 20.1 Å². The van der Waals surface area contributed by atoms with Crippen molar-refractivity contribution < 1.29 is 19.1 Å². The normalized spacial score (nSPS) is 9.67. The fourth-order valence-corrected chi connectivity index (χ4v) is 1.31. The van der Waals surface area contributed by atoms with E-state index in [1.807, 2.05) is 0 Å². The van der Waals surface area contributed by atoms with Gasteiger partial charge >= 0.3 is 5.97 Å². The lowest BCUT2D eigenvalue weighted by Crippen LogP contribution is -2.15. The Morgan fingerprint density at radius 3 is 2.83 bits per heavy atom. The Hall–Kier alpha value is -2.11. The highest BCUT2D eigenvalue weighted by atomic mass is 16.5. The van der Waals surface area contributed by atoms with Crippen LogP contribution in [0, 0.1) is 0 Å². The highest BCUT2D eigenvalue weighted by Crippen LogP contribution is 2.19. The van der Waals surface area contributed by atoms with Gasteiger partial charge in [0, 0.05) is 12.6 Å². The van der Waals surface area contributed by atoms with E-state index in [2.05, 4.69) is 10.3 Å². The van der Waals surface area contributed by atoms with Crippen LogP contribution in [0.3, 0.4) is 0 Å². The maximum absolute atomic E-state index is 11.6. The molecule has 6 nitrogen and oxygen atoms in total. The Bertz CT molecular complexity index is 420. The quantitative estimate of drug-likeness (QED) is 0.774. The van der Waals surface area contributed by atoms with Crippen LogP contribution in [0.25, 0.3) is 0 Å². The molecule has 0 aliphatic heterocycles. The summed E-state index contributed by atoms with van der Waals surface area (Å²) in [5.41, 5.74) is 0.480. The number of hydrogen-bond donors (Lipinski definition) is 1. The molecule has 1 rings (SSSR count). The highest BCUT2D eigenvalue weighted by molar-refractivity contribution is 5.93. The second-order valence-corrected chi connectivity index (χ2v) is 3.41. The molecule has 0 radical (unpaired) electrons. The molecule has 0 aliphatic carbocycles. The van der Waals surface area contributed by atoms with Crippen LogP contribution in [0.1, 0.15) is 19.8 Å². The monoisotopic (exact) mass is 252 g/mol. The van der Waals surface area contributed by atoms with Crippen LogP contribution in [0.4, 0.5) is 5.69 Å². The molecule has 0 saturated heterocycles. The number of nitrogens with one attached hydrogen (secondary N) is 1. The van der Waals surface area contributed by atoms with Crippen LogP contribution in [-0.2, 0) is 14.3 Å². The van der Waals surface area contributed by atoms with Crippen LogP contribution in [0.2, 0.25) is 0 Å². The molecule has 1 aromatic rings. The second kappa shape index (κ2) is 7.26. The van der Waals surface area contributed by atoms with Gasteiger partial charge in [-0.1, -0.05) is 0 Å². The topological polar surface area (TPSA) is 77.5 Å². The number of nitrogens with zero attached hydrogens (tertiary/aromatic N) is 1. The van der Waals surface area contributed by atoms with Gasteiger partial charge in [-0.3, -0.25) is 9.59 Å². The third-order valence-corrected chi connectivity index (χ3v) is 2.10. The van der Waals surface area contributed by atoms with Crippen molar-refractivity contribution in [3.63, 3.8) is 0 Å². The molecule has 0 spiro atoms. The second-order valence-electron chi connectivity index (χ2n) is 3.41. The van der Waals surface area contributed by atoms with Gasteiger partial charge in [-0.15, -0.1) is 0 Å². The molecule has 0 aromatic carbocycles. The molecule has 0 bridgehead atoms. The van der Waals surface area contributed by atoms with E-state index < -0.39 is 0 Å². The summed E-state index contributed by atoms with van der Waals surface area (Å²) in [7, 11) is 1.47. The molecule has 0 fully saturated rings. The van der Waals surface area contributed by atoms with Crippen LogP contribution < -0.4 is 10.1 Å². The van der Waals surface area contributed by atoms with E-state index in [-0.39, 0.29) is 24.7 Å². The molecule has 0 saturated carbocycles. The number of anilines is 1. The number of esters is 1. The molecule has 1 amide bonds. The number of carbonyl (C=O) groups is 2. The Labute approximate surface area is 105 Å². The van der Waals surface area contributed by atoms with Crippen molar-refractivity contribution in [3.8, 4) is 5.88 Å². The maximum Gasteiger partial charge on any atom is 0.306 e. The minimum atomic E-state index is -0.384. The molecular weight excluding hydrogens is 236 g/mol. The van der Waals surface area contributed by atoms with Gasteiger partial charge in [-0.25, -0.2) is 4.98 Å². The van der Waals surface area contributed by atoms with Gasteiger partial charge in [0.2, 0.25) is 11.8 Å². The van der Waals surface area contributed by atoms with Gasteiger partial charge in [0.25, 0.3) is 0 Å². The summed E-state index contributed by atoms with van der Waals surface area (Å²) in [6.45, 7) is 2.04. The van der Waals surface area contributed by atoms with Crippen LogP contribution >= 0.6 is 0 Å². The van der Waals surface area contributed by atoms with Gasteiger partial charge in [-0.05, 0) is 19.1 Å². The van der Waals surface area contributed by atoms with Crippen LogP contribution in [0.15, 0.2) is 18.3 Å². The van der Waals surface area contributed by atoms with E-state index in [1.165, 1.54) is 7.11 Å². The first kappa shape index (κ1) is 14.0. The summed E-state index contributed by atoms with van der Waals surface area (Å²) >= 11 is 0. The van der Waals surface area contributed by atoms with Crippen molar-refractivity contribution in [2.45, 2.75) is 19.8 Å². The molecule has 0 unspecified atom stereocenters. The third-order valence-electron chi connectivity index (χ3n) is 2.10. The zero-order valence-corrected chi connectivity index (χ0v) is 10.4. The number of ether oxygens (including phenoxy) is 2. The molecule has 1 aromatic heterocycles. The third kappa shape index (κ3) is 4.40. The van der Waals surface area contributed by atoms with Crippen molar-refractivity contribution in [2.75, 3.05) is 19.0 Å². The molecular formula is C12H16N2O4. The Balaban J connectivity index is 2.47. The summed E-state index contributed by atoms with van der Waals surface area (Å²) in [6, 6.07) is 3.36. The lowest BCUT2D eigenvalue weighted by Gasteiger charge is -2.08. The smallest absolute Gasteiger partial charge is 0.306 e. The van der Waals surface area contributed by atoms with E-state index in [0.717, 1.165) is 0 Å². The lowest BCUT2D eigenvalue weighted by molar-refractivity contribution is -0.144. The Kier molecular flexibility index (Phi) is 5.63. The van der Waals surface area contributed by atoms with Crippen LogP contribution in [-0.4, -0.2) is 30.6 Å². The average Bonchev–Trinajstić information content (AvgIpc) is 2.37. The number of amides is 1. The SMILES string of the molecule is CCOC(=O)CCC(=O)Nc1cccnc1OC. The van der Waals surface area contributed by atoms with Crippen molar-refractivity contribution in [1.29, 1.82) is 0 Å². The maximum atomic E-state index is 11.6. The minimum absolute atomic E-state index is 0.0578. The van der Waals surface area contributed by atoms with Gasteiger partial charge in [0.15, 0.2) is 0 Å². The molecule has 6 heteroatoms. The summed E-state index contributed by atoms with van der Waals surface area (Å²) in [6.07, 6.45) is 1.69. The zero-order chi connectivity index (χ0) is 13.4. The molecule has 1 heterocycles. The van der Waals surface area contributed by atoms with Crippen molar-refractivity contribution in [3.05, 3.63) is 18.3 Å². The first-order valence-electron chi connectivity index (χ1n) is 5.61. The van der Waals surface area contributed by atoms with E-state index in [1.54, 1.807) is 25.3 Å². The standard InChI is InChI=1S/C12H16N2O4/c1-3-18-11(16)7-6-10(15)14-9-5-4-8-13-12(9)17-2/h4-5,8H,3,6-7H2,1-2H3,(H,14,15). The summed E-state index contributed by atoms with van der Waals surface area (Å²) in [5, 5.41) is 2.62. The summed E-state index contributed by atoms with van der Waals surface area (Å²) in [5.74, 6) is -0.331. The predicted octanol–water partition coefficient (Wildman–Crippen LogP) is 1.37. The lowest BCUT2D eigenvalue weighted by atomic mass is 10.3. The molecule has 0 aliphatic rings. The minimum Gasteiger partial charge on any atom is -0.480 e. The number of carbonyl (C=O) groups excluding carboxylic acids is 2. The zero-order valence-electron chi connectivity index (χ0n) is 10.4. The predicted molar refractivity (Wildman–Crippen MR) is 65.3 cm³/mol. The van der Waals surface area contributed by atoms with E-state index >= 15 is 0 Å². The average molecular weight is 252 g/mol. The number of pyridine rings is 1. The van der Waals surface area contributed by atoms with Gasteiger partial charge in [0.1, 0.15) is 5.69 Å². The highest BCUT2D eigenvalue weighted by Gasteiger charge is 2.10. The molecule has 98 valence electrons. The summed E-state index contributed by atoms with van der Waals surface area (Å²) in [4.78, 5) is 26.6. The van der Waals surface area contributed by atoms with E-state index in [4.69, 9.17) is 9.47 Å².